The third-order valence-corrected chi connectivity index (χ3v) is 3.88. The number of rotatable bonds is 5. The molecule has 0 bridgehead atoms. The maximum atomic E-state index is 13.8. The number of hydrogen-bond acceptors (Lipinski definition) is 3. The summed E-state index contributed by atoms with van der Waals surface area (Å²) < 4.78 is 14.7. The highest BCUT2D eigenvalue weighted by molar-refractivity contribution is 14.1. The van der Waals surface area contributed by atoms with Crippen LogP contribution in [0.2, 0.25) is 5.02 Å². The zero-order chi connectivity index (χ0) is 14.5. The first-order valence-electron chi connectivity index (χ1n) is 6.30. The molecule has 0 atom stereocenters. The van der Waals surface area contributed by atoms with Crippen LogP contribution in [0.4, 0.5) is 10.2 Å². The smallest absolute Gasteiger partial charge is 0.143 e. The van der Waals surface area contributed by atoms with Crippen molar-refractivity contribution in [1.82, 2.24) is 9.97 Å². The molecule has 6 heteroatoms. The molecule has 0 amide bonds. The van der Waals surface area contributed by atoms with Crippen molar-refractivity contribution in [3.8, 4) is 0 Å². The molecular weight excluding hydrogens is 392 g/mol. The van der Waals surface area contributed by atoms with Crippen LogP contribution in [-0.2, 0) is 6.42 Å². The van der Waals surface area contributed by atoms with Gasteiger partial charge in [-0.05, 0) is 41.1 Å². The number of halogens is 3. The summed E-state index contributed by atoms with van der Waals surface area (Å²) in [6.07, 6.45) is 3.02. The maximum Gasteiger partial charge on any atom is 0.143 e. The van der Waals surface area contributed by atoms with E-state index in [1.807, 2.05) is 0 Å². The van der Waals surface area contributed by atoms with Gasteiger partial charge in [0.15, 0.2) is 0 Å². The average molecular weight is 406 g/mol. The lowest BCUT2D eigenvalue weighted by Crippen LogP contribution is -2.08. The van der Waals surface area contributed by atoms with Crippen molar-refractivity contribution >= 4 is 40.0 Å². The van der Waals surface area contributed by atoms with Crippen LogP contribution < -0.4 is 5.32 Å². The fraction of sp³-hybridized carbons (Fsp3) is 0.286. The summed E-state index contributed by atoms with van der Waals surface area (Å²) in [6.45, 7) is 2.92. The molecule has 0 aliphatic carbocycles. The Hall–Kier alpha value is -0.950. The Balaban J connectivity index is 2.25. The van der Waals surface area contributed by atoms with E-state index in [1.165, 1.54) is 6.07 Å². The van der Waals surface area contributed by atoms with Crippen molar-refractivity contribution in [2.24, 2.45) is 0 Å². The number of nitrogens with zero attached hydrogens (tertiary/aromatic N) is 2. The molecule has 1 aromatic heterocycles. The zero-order valence-corrected chi connectivity index (χ0v) is 13.9. The molecule has 0 fully saturated rings. The van der Waals surface area contributed by atoms with E-state index in [-0.39, 0.29) is 12.2 Å². The molecule has 0 unspecified atom stereocenters. The maximum absolute atomic E-state index is 13.8. The second kappa shape index (κ2) is 7.17. The van der Waals surface area contributed by atoms with Crippen LogP contribution in [0.1, 0.15) is 24.7 Å². The first-order chi connectivity index (χ1) is 9.61. The summed E-state index contributed by atoms with van der Waals surface area (Å²) in [5.41, 5.74) is 0.428. The molecular formula is C14H14ClFIN3. The fourth-order valence-electron chi connectivity index (χ4n) is 1.72. The predicted octanol–water partition coefficient (Wildman–Crippen LogP) is 4.29. The van der Waals surface area contributed by atoms with Crippen LogP contribution in [0.3, 0.4) is 0 Å². The topological polar surface area (TPSA) is 37.8 Å². The van der Waals surface area contributed by atoms with E-state index in [4.69, 9.17) is 11.6 Å². The number of hydrogen-bond donors (Lipinski definition) is 1. The van der Waals surface area contributed by atoms with E-state index in [0.29, 0.717) is 16.4 Å². The molecule has 0 saturated heterocycles. The lowest BCUT2D eigenvalue weighted by molar-refractivity contribution is 0.612. The van der Waals surface area contributed by atoms with Crippen molar-refractivity contribution in [2.75, 3.05) is 11.9 Å². The van der Waals surface area contributed by atoms with E-state index < -0.39 is 0 Å². The van der Waals surface area contributed by atoms with E-state index in [1.54, 1.807) is 18.3 Å². The molecule has 2 rings (SSSR count). The Kier molecular flexibility index (Phi) is 5.54. The lowest BCUT2D eigenvalue weighted by Gasteiger charge is -2.09. The van der Waals surface area contributed by atoms with Gasteiger partial charge in [0.2, 0.25) is 0 Å². The number of anilines is 1. The second-order valence-electron chi connectivity index (χ2n) is 4.29. The third-order valence-electron chi connectivity index (χ3n) is 2.73. The summed E-state index contributed by atoms with van der Waals surface area (Å²) in [4.78, 5) is 8.67. The number of benzene rings is 1. The average Bonchev–Trinajstić information content (AvgIpc) is 2.43. The summed E-state index contributed by atoms with van der Waals surface area (Å²) in [5, 5.41) is 3.63. The van der Waals surface area contributed by atoms with E-state index in [0.717, 1.165) is 22.4 Å². The van der Waals surface area contributed by atoms with Gasteiger partial charge >= 0.3 is 0 Å². The van der Waals surface area contributed by atoms with Gasteiger partial charge in [0.1, 0.15) is 17.5 Å². The number of nitrogens with one attached hydrogen (secondary N) is 1. The van der Waals surface area contributed by atoms with Crippen LogP contribution in [0.25, 0.3) is 0 Å². The fourth-order valence-corrected chi connectivity index (χ4v) is 2.40. The molecule has 0 saturated carbocycles. The van der Waals surface area contributed by atoms with Crippen LogP contribution in [0, 0.1) is 9.39 Å². The highest BCUT2D eigenvalue weighted by Gasteiger charge is 2.11. The largest absolute Gasteiger partial charge is 0.369 e. The normalized spacial score (nSPS) is 10.6. The van der Waals surface area contributed by atoms with Gasteiger partial charge in [-0.2, -0.15) is 0 Å². The van der Waals surface area contributed by atoms with Crippen molar-refractivity contribution in [1.29, 1.82) is 0 Å². The minimum atomic E-state index is -0.331. The van der Waals surface area contributed by atoms with Crippen molar-refractivity contribution in [2.45, 2.75) is 19.8 Å². The Morgan fingerprint density at radius 3 is 2.90 bits per heavy atom. The van der Waals surface area contributed by atoms with Crippen LogP contribution >= 0.6 is 34.2 Å². The quantitative estimate of drug-likeness (QED) is 0.754. The van der Waals surface area contributed by atoms with E-state index >= 15 is 0 Å². The van der Waals surface area contributed by atoms with Crippen LogP contribution in [-0.4, -0.2) is 16.5 Å². The first kappa shape index (κ1) is 15.4. The van der Waals surface area contributed by atoms with Crippen molar-refractivity contribution < 1.29 is 4.39 Å². The number of aromatic nitrogens is 2. The molecule has 20 heavy (non-hydrogen) atoms. The molecule has 1 N–H and O–H groups in total. The zero-order valence-electron chi connectivity index (χ0n) is 11.0. The summed E-state index contributed by atoms with van der Waals surface area (Å²) in [5.74, 6) is 1.00. The predicted molar refractivity (Wildman–Crippen MR) is 87.7 cm³/mol. The molecule has 1 aromatic carbocycles. The van der Waals surface area contributed by atoms with Gasteiger partial charge in [-0.25, -0.2) is 14.4 Å². The van der Waals surface area contributed by atoms with Gasteiger partial charge in [0.05, 0.1) is 3.57 Å². The van der Waals surface area contributed by atoms with E-state index in [9.17, 15) is 4.39 Å². The monoisotopic (exact) mass is 405 g/mol. The molecule has 2 aromatic rings. The standard InChI is InChI=1S/C14H14ClFIN3/c1-2-6-18-14-12(17)8-19-13(20-14)7-9-10(15)4-3-5-11(9)16/h3-5,8H,2,6-7H2,1H3,(H,18,19,20). The van der Waals surface area contributed by atoms with Gasteiger partial charge in [-0.1, -0.05) is 24.6 Å². The summed E-state index contributed by atoms with van der Waals surface area (Å²) in [7, 11) is 0. The molecule has 106 valence electrons. The van der Waals surface area contributed by atoms with Crippen molar-refractivity contribution in [3.63, 3.8) is 0 Å². The molecule has 0 aliphatic heterocycles. The Morgan fingerprint density at radius 2 is 2.20 bits per heavy atom. The van der Waals surface area contributed by atoms with Gasteiger partial charge in [0.25, 0.3) is 0 Å². The minimum Gasteiger partial charge on any atom is -0.369 e. The van der Waals surface area contributed by atoms with Gasteiger partial charge in [-0.3, -0.25) is 0 Å². The Morgan fingerprint density at radius 1 is 1.40 bits per heavy atom. The lowest BCUT2D eigenvalue weighted by atomic mass is 10.1. The molecule has 3 nitrogen and oxygen atoms in total. The molecule has 0 spiro atoms. The van der Waals surface area contributed by atoms with Gasteiger partial charge < -0.3 is 5.32 Å². The summed E-state index contributed by atoms with van der Waals surface area (Å²) >= 11 is 8.19. The Labute approximate surface area is 136 Å². The summed E-state index contributed by atoms with van der Waals surface area (Å²) in [6, 6.07) is 4.65. The van der Waals surface area contributed by atoms with Crippen LogP contribution in [0.5, 0.6) is 0 Å². The third kappa shape index (κ3) is 3.79. The molecule has 0 aliphatic rings. The van der Waals surface area contributed by atoms with Gasteiger partial charge in [0, 0.05) is 29.7 Å². The Bertz CT molecular complexity index is 587. The molecule has 0 radical (unpaired) electrons. The molecule has 1 heterocycles. The van der Waals surface area contributed by atoms with Gasteiger partial charge in [-0.15, -0.1) is 0 Å². The first-order valence-corrected chi connectivity index (χ1v) is 7.75. The van der Waals surface area contributed by atoms with E-state index in [2.05, 4.69) is 44.8 Å². The second-order valence-corrected chi connectivity index (χ2v) is 5.86. The van der Waals surface area contributed by atoms with Crippen LogP contribution in [0.15, 0.2) is 24.4 Å². The van der Waals surface area contributed by atoms with Crippen molar-refractivity contribution in [3.05, 3.63) is 50.2 Å². The highest BCUT2D eigenvalue weighted by Crippen LogP contribution is 2.22. The SMILES string of the molecule is CCCNc1nc(Cc2c(F)cccc2Cl)ncc1I. The minimum absolute atomic E-state index is 0.281. The highest BCUT2D eigenvalue weighted by atomic mass is 127.